The Morgan fingerprint density at radius 3 is 2.59 bits per heavy atom. The first kappa shape index (κ1) is 21.6. The van der Waals surface area contributed by atoms with Gasteiger partial charge in [0, 0.05) is 24.4 Å². The number of alkyl halides is 3. The number of rotatable bonds is 4. The summed E-state index contributed by atoms with van der Waals surface area (Å²) >= 11 is 12.4. The van der Waals surface area contributed by atoms with Crippen LogP contribution >= 0.6 is 23.2 Å². The van der Waals surface area contributed by atoms with Crippen LogP contribution in [0.5, 0.6) is 0 Å². The second-order valence-corrected chi connectivity index (χ2v) is 10.3. The highest BCUT2D eigenvalue weighted by Gasteiger charge is 2.49. The van der Waals surface area contributed by atoms with Crippen molar-refractivity contribution in [2.75, 3.05) is 32.8 Å². The van der Waals surface area contributed by atoms with Crippen LogP contribution in [0.15, 0.2) is 0 Å². The lowest BCUT2D eigenvalue weighted by Gasteiger charge is -2.50. The van der Waals surface area contributed by atoms with E-state index in [0.29, 0.717) is 45.6 Å². The quantitative estimate of drug-likeness (QED) is 0.666. The van der Waals surface area contributed by atoms with E-state index in [1.165, 1.54) is 0 Å². The Balaban J connectivity index is 1.50. The van der Waals surface area contributed by atoms with Gasteiger partial charge in [0.25, 0.3) is 0 Å². The summed E-state index contributed by atoms with van der Waals surface area (Å²) in [5.41, 5.74) is 0. The van der Waals surface area contributed by atoms with Crippen LogP contribution in [-0.4, -0.2) is 83.6 Å². The van der Waals surface area contributed by atoms with Gasteiger partial charge in [0.2, 0.25) is 11.8 Å². The molecule has 2 amide bonds. The van der Waals surface area contributed by atoms with Crippen molar-refractivity contribution < 1.29 is 18.7 Å². The Bertz CT molecular complexity index is 638. The van der Waals surface area contributed by atoms with E-state index in [4.69, 9.17) is 27.9 Å². The monoisotopic (exact) mass is 449 g/mol. The number of ether oxygens (including phenoxy) is 1. The number of hydrogen-bond acceptors (Lipinski definition) is 4. The molecule has 1 N–H and O–H groups in total. The molecular formula is C20H30Cl2FN3O3. The number of hydrogen-bond donors (Lipinski definition) is 1. The third-order valence-electron chi connectivity index (χ3n) is 6.92. The minimum absolute atomic E-state index is 0.0123. The average molecular weight is 450 g/mol. The van der Waals surface area contributed by atoms with Crippen molar-refractivity contribution in [1.82, 2.24) is 15.1 Å². The number of amides is 2. The number of halogens is 3. The summed E-state index contributed by atoms with van der Waals surface area (Å²) in [6.45, 7) is 4.20. The maximum Gasteiger partial charge on any atom is 0.247 e. The molecule has 0 aromatic carbocycles. The minimum atomic E-state index is -0.984. The Morgan fingerprint density at radius 2 is 1.97 bits per heavy atom. The van der Waals surface area contributed by atoms with E-state index in [1.54, 1.807) is 9.80 Å². The molecule has 4 fully saturated rings. The molecule has 9 heteroatoms. The average Bonchev–Trinajstić information content (AvgIpc) is 2.62. The second-order valence-electron chi connectivity index (χ2n) is 9.13. The van der Waals surface area contributed by atoms with E-state index < -0.39 is 17.6 Å². The zero-order valence-corrected chi connectivity index (χ0v) is 18.2. The van der Waals surface area contributed by atoms with Crippen molar-refractivity contribution in [3.05, 3.63) is 0 Å². The molecule has 6 unspecified atom stereocenters. The maximum atomic E-state index is 13.8. The van der Waals surface area contributed by atoms with Gasteiger partial charge < -0.3 is 14.5 Å². The lowest BCUT2D eigenvalue weighted by Crippen LogP contribution is -2.70. The van der Waals surface area contributed by atoms with Gasteiger partial charge in [-0.15, -0.1) is 23.2 Å². The van der Waals surface area contributed by atoms with E-state index in [1.807, 2.05) is 0 Å². The van der Waals surface area contributed by atoms with Crippen LogP contribution in [0, 0.1) is 17.8 Å². The fraction of sp³-hybridized carbons (Fsp3) is 0.900. The van der Waals surface area contributed by atoms with Gasteiger partial charge in [0.05, 0.1) is 24.8 Å². The molecule has 4 aliphatic rings. The van der Waals surface area contributed by atoms with Crippen LogP contribution in [0.4, 0.5) is 4.39 Å². The van der Waals surface area contributed by atoms with Gasteiger partial charge in [0.15, 0.2) is 0 Å². The molecule has 0 spiro atoms. The van der Waals surface area contributed by atoms with Crippen LogP contribution in [0.1, 0.15) is 32.6 Å². The molecule has 0 bridgehead atoms. The van der Waals surface area contributed by atoms with E-state index in [-0.39, 0.29) is 47.7 Å². The van der Waals surface area contributed by atoms with Crippen molar-refractivity contribution in [3.63, 3.8) is 0 Å². The van der Waals surface area contributed by atoms with E-state index in [0.717, 1.165) is 6.42 Å². The van der Waals surface area contributed by atoms with Crippen molar-refractivity contribution in [1.29, 1.82) is 0 Å². The van der Waals surface area contributed by atoms with Crippen molar-refractivity contribution in [2.24, 2.45) is 17.8 Å². The summed E-state index contributed by atoms with van der Waals surface area (Å²) in [7, 11) is 0. The normalized spacial score (nSPS) is 42.1. The maximum absolute atomic E-state index is 13.8. The predicted molar refractivity (Wildman–Crippen MR) is 109 cm³/mol. The zero-order chi connectivity index (χ0) is 20.7. The van der Waals surface area contributed by atoms with E-state index in [2.05, 4.69) is 12.2 Å². The van der Waals surface area contributed by atoms with E-state index in [9.17, 15) is 14.0 Å². The third-order valence-corrected chi connectivity index (χ3v) is 7.70. The first-order valence-electron chi connectivity index (χ1n) is 10.7. The highest BCUT2D eigenvalue weighted by Crippen LogP contribution is 2.34. The second kappa shape index (κ2) is 8.85. The largest absolute Gasteiger partial charge is 0.380 e. The Kier molecular flexibility index (Phi) is 6.59. The van der Waals surface area contributed by atoms with Crippen molar-refractivity contribution in [3.8, 4) is 0 Å². The van der Waals surface area contributed by atoms with Gasteiger partial charge in [-0.05, 0) is 37.5 Å². The molecule has 1 aliphatic carbocycles. The summed E-state index contributed by atoms with van der Waals surface area (Å²) in [5.74, 6) is 0.247. The molecule has 7 atom stereocenters. The fourth-order valence-electron chi connectivity index (χ4n) is 5.20. The molecule has 4 rings (SSSR count). The van der Waals surface area contributed by atoms with Gasteiger partial charge in [-0.2, -0.15) is 0 Å². The molecule has 0 aromatic rings. The first-order valence-corrected chi connectivity index (χ1v) is 11.6. The molecule has 0 radical (unpaired) electrons. The van der Waals surface area contributed by atoms with Crippen LogP contribution in [0.25, 0.3) is 0 Å². The minimum Gasteiger partial charge on any atom is -0.380 e. The Hall–Kier alpha value is -0.630. The zero-order valence-electron chi connectivity index (χ0n) is 16.7. The molecular weight excluding hydrogens is 420 g/mol. The Labute approximate surface area is 181 Å². The predicted octanol–water partition coefficient (Wildman–Crippen LogP) is 1.98. The third kappa shape index (κ3) is 4.39. The van der Waals surface area contributed by atoms with Gasteiger partial charge >= 0.3 is 0 Å². The van der Waals surface area contributed by atoms with Gasteiger partial charge in [-0.3, -0.25) is 14.9 Å². The van der Waals surface area contributed by atoms with Gasteiger partial charge in [-0.25, -0.2) is 4.39 Å². The molecule has 164 valence electrons. The van der Waals surface area contributed by atoms with Crippen LogP contribution in [0.3, 0.4) is 0 Å². The molecule has 0 aromatic heterocycles. The smallest absolute Gasteiger partial charge is 0.247 e. The number of piperazine rings is 1. The number of nitrogens with one attached hydrogen (secondary N) is 1. The van der Waals surface area contributed by atoms with Crippen LogP contribution < -0.4 is 5.32 Å². The molecule has 3 saturated heterocycles. The molecule has 6 nitrogen and oxygen atoms in total. The van der Waals surface area contributed by atoms with Crippen molar-refractivity contribution in [2.45, 2.75) is 61.7 Å². The summed E-state index contributed by atoms with van der Waals surface area (Å²) in [5, 5.41) is 2.88. The molecule has 29 heavy (non-hydrogen) atoms. The van der Waals surface area contributed by atoms with Crippen LogP contribution in [-0.2, 0) is 14.3 Å². The number of carbonyl (C=O) groups is 2. The molecule has 1 saturated carbocycles. The molecule has 3 aliphatic heterocycles. The summed E-state index contributed by atoms with van der Waals surface area (Å²) < 4.78 is 19.1. The summed E-state index contributed by atoms with van der Waals surface area (Å²) in [6.07, 6.45) is 1.29. The SMILES string of the molecule is CC1CC(Cl)CNC1N1CC(=O)N(CC2CCC(F)C(Cl)C2)[C@@H](C2COC2)C1=O. The highest BCUT2D eigenvalue weighted by atomic mass is 35.5. The van der Waals surface area contributed by atoms with Crippen LogP contribution in [0.2, 0.25) is 0 Å². The highest BCUT2D eigenvalue weighted by molar-refractivity contribution is 6.21. The van der Waals surface area contributed by atoms with Crippen molar-refractivity contribution >= 4 is 35.0 Å². The lowest BCUT2D eigenvalue weighted by atomic mass is 9.85. The standard InChI is InChI=1S/C20H30Cl2FN3O3/c1-11-4-14(21)6-24-19(11)26-8-17(27)25(18(20(26)28)13-9-29-10-13)7-12-2-3-16(23)15(22)5-12/h11-16,18-19,24H,2-10H2,1H3/t11?,12?,14?,15?,16?,18-,19?/m0/s1. The first-order chi connectivity index (χ1) is 13.8. The number of piperidine rings is 1. The number of nitrogens with zero attached hydrogens (tertiary/aromatic N) is 2. The summed E-state index contributed by atoms with van der Waals surface area (Å²) in [6, 6.07) is -0.510. The van der Waals surface area contributed by atoms with Gasteiger partial charge in [0.1, 0.15) is 18.8 Å². The summed E-state index contributed by atoms with van der Waals surface area (Å²) in [4.78, 5) is 30.1. The Morgan fingerprint density at radius 1 is 1.21 bits per heavy atom. The molecule has 3 heterocycles. The fourth-order valence-corrected chi connectivity index (χ4v) is 5.95. The van der Waals surface area contributed by atoms with Gasteiger partial charge in [-0.1, -0.05) is 6.92 Å². The lowest BCUT2D eigenvalue weighted by molar-refractivity contribution is -0.173. The number of carbonyl (C=O) groups excluding carboxylic acids is 2. The van der Waals surface area contributed by atoms with E-state index >= 15 is 0 Å². The topological polar surface area (TPSA) is 61.9 Å².